The molecule has 0 spiro atoms. The van der Waals surface area contributed by atoms with Crippen molar-refractivity contribution in [2.45, 2.75) is 20.1 Å². The Balaban J connectivity index is 1.65. The smallest absolute Gasteiger partial charge is 0.269 e. The average Bonchev–Trinajstić information content (AvgIpc) is 2.73. The number of non-ortho nitro benzene ring substituents is 1. The fraction of sp³-hybridized carbons (Fsp3) is 0.182. The Kier molecular flexibility index (Phi) is 6.57. The number of nitrogens with zero attached hydrogens (tertiary/aromatic N) is 1. The van der Waals surface area contributed by atoms with Crippen molar-refractivity contribution in [1.82, 2.24) is 0 Å². The van der Waals surface area contributed by atoms with Gasteiger partial charge in [-0.1, -0.05) is 23.7 Å². The molecule has 3 rings (SSSR count). The fourth-order valence-electron chi connectivity index (χ4n) is 2.80. The first-order valence-electron chi connectivity index (χ1n) is 8.99. The van der Waals surface area contributed by atoms with Crippen LogP contribution in [-0.2, 0) is 13.2 Å². The number of methoxy groups -OCH3 is 1. The summed E-state index contributed by atoms with van der Waals surface area (Å²) in [6.45, 7) is 2.92. The maximum absolute atomic E-state index is 10.7. The van der Waals surface area contributed by atoms with Gasteiger partial charge in [0.05, 0.1) is 12.0 Å². The third kappa shape index (κ3) is 5.39. The predicted molar refractivity (Wildman–Crippen MR) is 114 cm³/mol. The highest BCUT2D eigenvalue weighted by atomic mass is 35.5. The number of aryl methyl sites for hydroxylation is 1. The van der Waals surface area contributed by atoms with Gasteiger partial charge in [0.15, 0.2) is 11.5 Å². The second-order valence-electron chi connectivity index (χ2n) is 6.51. The van der Waals surface area contributed by atoms with Crippen LogP contribution in [-0.4, -0.2) is 12.0 Å². The standard InChI is InChI=1S/C22H21ClN2O4/c1-15-3-7-18(23)12-20(15)24-13-17-6-10-21(22(11-17)28-2)29-14-16-4-8-19(9-5-16)25(26)27/h3-12,24H,13-14H2,1-2H3. The lowest BCUT2D eigenvalue weighted by atomic mass is 10.1. The van der Waals surface area contributed by atoms with Gasteiger partial charge in [0.2, 0.25) is 0 Å². The Morgan fingerprint density at radius 2 is 1.72 bits per heavy atom. The number of hydrogen-bond acceptors (Lipinski definition) is 5. The average molecular weight is 413 g/mol. The first-order valence-corrected chi connectivity index (χ1v) is 9.37. The molecule has 0 aromatic heterocycles. The van der Waals surface area contributed by atoms with Gasteiger partial charge in [-0.15, -0.1) is 0 Å². The summed E-state index contributed by atoms with van der Waals surface area (Å²) < 4.78 is 11.3. The van der Waals surface area contributed by atoms with E-state index in [4.69, 9.17) is 21.1 Å². The quantitative estimate of drug-likeness (QED) is 0.376. The summed E-state index contributed by atoms with van der Waals surface area (Å²) in [5.74, 6) is 1.22. The van der Waals surface area contributed by atoms with Crippen LogP contribution in [0.2, 0.25) is 5.02 Å². The van der Waals surface area contributed by atoms with E-state index in [1.54, 1.807) is 19.2 Å². The minimum Gasteiger partial charge on any atom is -0.493 e. The topological polar surface area (TPSA) is 73.6 Å². The SMILES string of the molecule is COc1cc(CNc2cc(Cl)ccc2C)ccc1OCc1ccc([N+](=O)[O-])cc1. The van der Waals surface area contributed by atoms with Gasteiger partial charge in [-0.3, -0.25) is 10.1 Å². The van der Waals surface area contributed by atoms with Crippen LogP contribution in [0.3, 0.4) is 0 Å². The van der Waals surface area contributed by atoms with E-state index in [1.165, 1.54) is 12.1 Å². The molecule has 0 heterocycles. The molecule has 0 saturated heterocycles. The molecule has 3 aromatic rings. The molecule has 0 radical (unpaired) electrons. The van der Waals surface area contributed by atoms with Crippen LogP contribution >= 0.6 is 11.6 Å². The predicted octanol–water partition coefficient (Wildman–Crippen LogP) is 5.76. The lowest BCUT2D eigenvalue weighted by Gasteiger charge is -2.14. The monoisotopic (exact) mass is 412 g/mol. The molecule has 0 atom stereocenters. The van der Waals surface area contributed by atoms with Gasteiger partial charge in [-0.2, -0.15) is 0 Å². The summed E-state index contributed by atoms with van der Waals surface area (Å²) in [6, 6.07) is 17.7. The van der Waals surface area contributed by atoms with Gasteiger partial charge in [-0.25, -0.2) is 0 Å². The number of nitro groups is 1. The van der Waals surface area contributed by atoms with Crippen LogP contribution < -0.4 is 14.8 Å². The van der Waals surface area contributed by atoms with Crippen LogP contribution in [0.5, 0.6) is 11.5 Å². The minimum absolute atomic E-state index is 0.0538. The maximum atomic E-state index is 10.7. The summed E-state index contributed by atoms with van der Waals surface area (Å²) >= 11 is 6.07. The van der Waals surface area contributed by atoms with Crippen LogP contribution in [0.25, 0.3) is 0 Å². The summed E-state index contributed by atoms with van der Waals surface area (Å²) in [5, 5.41) is 14.8. The number of rotatable bonds is 8. The molecular weight excluding hydrogens is 392 g/mol. The number of nitrogens with one attached hydrogen (secondary N) is 1. The molecule has 6 nitrogen and oxygen atoms in total. The van der Waals surface area contributed by atoms with Gasteiger partial charge in [0.1, 0.15) is 6.61 Å². The Labute approximate surface area is 174 Å². The van der Waals surface area contributed by atoms with Crippen molar-refractivity contribution in [1.29, 1.82) is 0 Å². The lowest BCUT2D eigenvalue weighted by Crippen LogP contribution is -2.03. The lowest BCUT2D eigenvalue weighted by molar-refractivity contribution is -0.384. The van der Waals surface area contributed by atoms with E-state index in [-0.39, 0.29) is 12.3 Å². The van der Waals surface area contributed by atoms with E-state index in [0.29, 0.717) is 23.1 Å². The third-order valence-electron chi connectivity index (χ3n) is 4.45. The van der Waals surface area contributed by atoms with Crippen molar-refractivity contribution in [3.8, 4) is 11.5 Å². The molecule has 1 N–H and O–H groups in total. The van der Waals surface area contributed by atoms with Crippen LogP contribution in [0.4, 0.5) is 11.4 Å². The molecule has 0 aliphatic rings. The second kappa shape index (κ2) is 9.30. The molecule has 29 heavy (non-hydrogen) atoms. The zero-order chi connectivity index (χ0) is 20.8. The molecule has 0 fully saturated rings. The summed E-state index contributed by atoms with van der Waals surface area (Å²) in [7, 11) is 1.59. The van der Waals surface area contributed by atoms with Crippen LogP contribution in [0.1, 0.15) is 16.7 Å². The number of ether oxygens (including phenoxy) is 2. The highest BCUT2D eigenvalue weighted by Crippen LogP contribution is 2.30. The Morgan fingerprint density at radius 3 is 2.41 bits per heavy atom. The number of benzene rings is 3. The van der Waals surface area contributed by atoms with E-state index >= 15 is 0 Å². The molecule has 3 aromatic carbocycles. The molecular formula is C22H21ClN2O4. The van der Waals surface area contributed by atoms with Crippen molar-refractivity contribution in [3.63, 3.8) is 0 Å². The molecule has 0 unspecified atom stereocenters. The Hall–Kier alpha value is -3.25. The summed E-state index contributed by atoms with van der Waals surface area (Å²) in [5.41, 5.74) is 4.02. The van der Waals surface area contributed by atoms with E-state index in [1.807, 2.05) is 43.3 Å². The highest BCUT2D eigenvalue weighted by molar-refractivity contribution is 6.30. The van der Waals surface area contributed by atoms with E-state index in [9.17, 15) is 10.1 Å². The van der Waals surface area contributed by atoms with Gasteiger partial charge < -0.3 is 14.8 Å². The van der Waals surface area contributed by atoms with Crippen molar-refractivity contribution >= 4 is 23.0 Å². The zero-order valence-electron chi connectivity index (χ0n) is 16.1. The first kappa shape index (κ1) is 20.5. The highest BCUT2D eigenvalue weighted by Gasteiger charge is 2.09. The number of hydrogen-bond donors (Lipinski definition) is 1. The molecule has 0 bridgehead atoms. The molecule has 0 aliphatic carbocycles. The third-order valence-corrected chi connectivity index (χ3v) is 4.69. The van der Waals surface area contributed by atoms with Crippen molar-refractivity contribution in [3.05, 3.63) is 92.5 Å². The van der Waals surface area contributed by atoms with Crippen molar-refractivity contribution < 1.29 is 14.4 Å². The zero-order valence-corrected chi connectivity index (χ0v) is 16.9. The maximum Gasteiger partial charge on any atom is 0.269 e. The van der Waals surface area contributed by atoms with Gasteiger partial charge >= 0.3 is 0 Å². The summed E-state index contributed by atoms with van der Waals surface area (Å²) in [4.78, 5) is 10.3. The molecule has 0 amide bonds. The van der Waals surface area contributed by atoms with E-state index < -0.39 is 4.92 Å². The van der Waals surface area contributed by atoms with Crippen molar-refractivity contribution in [2.24, 2.45) is 0 Å². The second-order valence-corrected chi connectivity index (χ2v) is 6.95. The van der Waals surface area contributed by atoms with Gasteiger partial charge in [-0.05, 0) is 60.0 Å². The Morgan fingerprint density at radius 1 is 1.00 bits per heavy atom. The summed E-state index contributed by atoms with van der Waals surface area (Å²) in [6.07, 6.45) is 0. The molecule has 150 valence electrons. The number of nitro benzene ring substituents is 1. The first-order chi connectivity index (χ1) is 14.0. The van der Waals surface area contributed by atoms with E-state index in [0.717, 1.165) is 22.4 Å². The molecule has 0 aliphatic heterocycles. The van der Waals surface area contributed by atoms with Crippen molar-refractivity contribution in [2.75, 3.05) is 12.4 Å². The normalized spacial score (nSPS) is 10.4. The molecule has 0 saturated carbocycles. The fourth-order valence-corrected chi connectivity index (χ4v) is 2.97. The minimum atomic E-state index is -0.425. The largest absolute Gasteiger partial charge is 0.493 e. The van der Waals surface area contributed by atoms with Gasteiger partial charge in [0.25, 0.3) is 5.69 Å². The molecule has 7 heteroatoms. The van der Waals surface area contributed by atoms with Crippen LogP contribution in [0, 0.1) is 17.0 Å². The number of halogens is 1. The van der Waals surface area contributed by atoms with Crippen LogP contribution in [0.15, 0.2) is 60.7 Å². The van der Waals surface area contributed by atoms with E-state index in [2.05, 4.69) is 5.32 Å². The number of anilines is 1. The Bertz CT molecular complexity index is 1010. The van der Waals surface area contributed by atoms with Gasteiger partial charge in [0, 0.05) is 29.4 Å².